The number of aryl methyl sites for hydroxylation is 2. The van der Waals surface area contributed by atoms with Gasteiger partial charge in [0.15, 0.2) is 0 Å². The van der Waals surface area contributed by atoms with E-state index < -0.39 is 0 Å². The molecule has 0 aliphatic carbocycles. The van der Waals surface area contributed by atoms with Gasteiger partial charge in [-0.25, -0.2) is 4.98 Å². The Bertz CT molecular complexity index is 568. The molecule has 0 unspecified atom stereocenters. The summed E-state index contributed by atoms with van der Waals surface area (Å²) in [5.41, 5.74) is 0.111. The van der Waals surface area contributed by atoms with E-state index in [1.807, 2.05) is 19.9 Å². The SMILES string of the molecule is CCCCn1c(C)nc2sc(C)cc2c1=O. The summed E-state index contributed by atoms with van der Waals surface area (Å²) in [5.74, 6) is 0.827. The molecule has 0 saturated heterocycles. The highest BCUT2D eigenvalue weighted by Crippen LogP contribution is 2.20. The van der Waals surface area contributed by atoms with Crippen LogP contribution in [-0.4, -0.2) is 9.55 Å². The van der Waals surface area contributed by atoms with Crippen molar-refractivity contribution < 1.29 is 0 Å². The number of hydrogen-bond donors (Lipinski definition) is 0. The van der Waals surface area contributed by atoms with Gasteiger partial charge in [0, 0.05) is 11.4 Å². The molecule has 0 saturated carbocycles. The number of aromatic nitrogens is 2. The average Bonchev–Trinajstić information content (AvgIpc) is 2.59. The quantitative estimate of drug-likeness (QED) is 0.821. The zero-order chi connectivity index (χ0) is 11.7. The molecule has 4 heteroatoms. The van der Waals surface area contributed by atoms with E-state index >= 15 is 0 Å². The maximum absolute atomic E-state index is 12.2. The second kappa shape index (κ2) is 4.37. The Hall–Kier alpha value is -1.16. The van der Waals surface area contributed by atoms with Crippen molar-refractivity contribution in [1.82, 2.24) is 9.55 Å². The Kier molecular flexibility index (Phi) is 3.10. The fraction of sp³-hybridized carbons (Fsp3) is 0.500. The first kappa shape index (κ1) is 11.3. The maximum Gasteiger partial charge on any atom is 0.262 e. The highest BCUT2D eigenvalue weighted by molar-refractivity contribution is 7.18. The summed E-state index contributed by atoms with van der Waals surface area (Å²) in [5, 5.41) is 0.768. The molecule has 0 spiro atoms. The first-order chi connectivity index (χ1) is 7.63. The molecule has 0 aliphatic heterocycles. The molecular weight excluding hydrogens is 220 g/mol. The van der Waals surface area contributed by atoms with Crippen LogP contribution < -0.4 is 5.56 Å². The van der Waals surface area contributed by atoms with Gasteiger partial charge >= 0.3 is 0 Å². The first-order valence-electron chi connectivity index (χ1n) is 5.61. The van der Waals surface area contributed by atoms with Gasteiger partial charge in [0.25, 0.3) is 5.56 Å². The van der Waals surface area contributed by atoms with Gasteiger partial charge in [0.05, 0.1) is 5.39 Å². The summed E-state index contributed by atoms with van der Waals surface area (Å²) in [6.45, 7) is 6.82. The van der Waals surface area contributed by atoms with Gasteiger partial charge in [-0.15, -0.1) is 11.3 Å². The molecule has 86 valence electrons. The van der Waals surface area contributed by atoms with Crippen LogP contribution in [0.3, 0.4) is 0 Å². The first-order valence-corrected chi connectivity index (χ1v) is 6.42. The van der Waals surface area contributed by atoms with Crippen LogP contribution in [0.5, 0.6) is 0 Å². The van der Waals surface area contributed by atoms with E-state index in [2.05, 4.69) is 11.9 Å². The number of hydrogen-bond acceptors (Lipinski definition) is 3. The Morgan fingerprint density at radius 3 is 2.88 bits per heavy atom. The lowest BCUT2D eigenvalue weighted by atomic mass is 10.3. The lowest BCUT2D eigenvalue weighted by molar-refractivity contribution is 0.592. The molecule has 0 bridgehead atoms. The number of nitrogens with zero attached hydrogens (tertiary/aromatic N) is 2. The molecule has 2 heterocycles. The van der Waals surface area contributed by atoms with Crippen molar-refractivity contribution in [3.63, 3.8) is 0 Å². The molecule has 0 atom stereocenters. The highest BCUT2D eigenvalue weighted by Gasteiger charge is 2.09. The van der Waals surface area contributed by atoms with Gasteiger partial charge in [-0.3, -0.25) is 9.36 Å². The summed E-state index contributed by atoms with van der Waals surface area (Å²) in [6.07, 6.45) is 2.11. The average molecular weight is 236 g/mol. The van der Waals surface area contributed by atoms with Crippen LogP contribution in [0.4, 0.5) is 0 Å². The minimum Gasteiger partial charge on any atom is -0.296 e. The van der Waals surface area contributed by atoms with Gasteiger partial charge < -0.3 is 0 Å². The Morgan fingerprint density at radius 2 is 2.19 bits per heavy atom. The smallest absolute Gasteiger partial charge is 0.262 e. The van der Waals surface area contributed by atoms with Gasteiger partial charge in [0.1, 0.15) is 10.7 Å². The molecule has 2 rings (SSSR count). The number of rotatable bonds is 3. The largest absolute Gasteiger partial charge is 0.296 e. The van der Waals surface area contributed by atoms with Crippen LogP contribution >= 0.6 is 11.3 Å². The van der Waals surface area contributed by atoms with Crippen molar-refractivity contribution in [2.45, 2.75) is 40.2 Å². The fourth-order valence-corrected chi connectivity index (χ4v) is 2.73. The number of fused-ring (bicyclic) bond motifs is 1. The molecule has 0 N–H and O–H groups in total. The summed E-state index contributed by atoms with van der Waals surface area (Å²) < 4.78 is 1.79. The normalized spacial score (nSPS) is 11.2. The zero-order valence-electron chi connectivity index (χ0n) is 9.91. The molecule has 2 aromatic heterocycles. The van der Waals surface area contributed by atoms with Crippen LogP contribution in [0.25, 0.3) is 10.2 Å². The molecule has 2 aromatic rings. The second-order valence-corrected chi connectivity index (χ2v) is 5.28. The van der Waals surface area contributed by atoms with Crippen LogP contribution in [0, 0.1) is 13.8 Å². The van der Waals surface area contributed by atoms with Crippen LogP contribution in [0.15, 0.2) is 10.9 Å². The van der Waals surface area contributed by atoms with Crippen molar-refractivity contribution in [3.05, 3.63) is 27.1 Å². The van der Waals surface area contributed by atoms with E-state index in [9.17, 15) is 4.79 Å². The third kappa shape index (κ3) is 1.89. The van der Waals surface area contributed by atoms with Crippen molar-refractivity contribution in [3.8, 4) is 0 Å². The minimum absolute atomic E-state index is 0.111. The Balaban J connectivity index is 2.60. The van der Waals surface area contributed by atoms with Crippen molar-refractivity contribution in [2.24, 2.45) is 0 Å². The number of unbranched alkanes of at least 4 members (excludes halogenated alkanes) is 1. The maximum atomic E-state index is 12.2. The van der Waals surface area contributed by atoms with Gasteiger partial charge in [-0.05, 0) is 26.3 Å². The van der Waals surface area contributed by atoms with Gasteiger partial charge in [0.2, 0.25) is 0 Å². The monoisotopic (exact) mass is 236 g/mol. The molecule has 0 fully saturated rings. The van der Waals surface area contributed by atoms with Crippen molar-refractivity contribution in [2.75, 3.05) is 0 Å². The molecule has 0 aromatic carbocycles. The van der Waals surface area contributed by atoms with Crippen molar-refractivity contribution in [1.29, 1.82) is 0 Å². The third-order valence-electron chi connectivity index (χ3n) is 2.70. The van der Waals surface area contributed by atoms with Crippen LogP contribution in [-0.2, 0) is 6.54 Å². The zero-order valence-corrected chi connectivity index (χ0v) is 10.7. The highest BCUT2D eigenvalue weighted by atomic mass is 32.1. The summed E-state index contributed by atoms with van der Waals surface area (Å²) in [7, 11) is 0. The topological polar surface area (TPSA) is 34.9 Å². The van der Waals surface area contributed by atoms with Gasteiger partial charge in [-0.2, -0.15) is 0 Å². The van der Waals surface area contributed by atoms with E-state index in [1.54, 1.807) is 15.9 Å². The lowest BCUT2D eigenvalue weighted by Crippen LogP contribution is -2.23. The number of thiophene rings is 1. The molecular formula is C12H16N2OS. The predicted molar refractivity (Wildman–Crippen MR) is 68.3 cm³/mol. The van der Waals surface area contributed by atoms with Crippen LogP contribution in [0.1, 0.15) is 30.5 Å². The van der Waals surface area contributed by atoms with Crippen LogP contribution in [0.2, 0.25) is 0 Å². The fourth-order valence-electron chi connectivity index (χ4n) is 1.82. The van der Waals surface area contributed by atoms with E-state index in [0.29, 0.717) is 0 Å². The third-order valence-corrected chi connectivity index (χ3v) is 3.64. The summed E-state index contributed by atoms with van der Waals surface area (Å²) in [6, 6.07) is 1.94. The van der Waals surface area contributed by atoms with Gasteiger partial charge in [-0.1, -0.05) is 13.3 Å². The molecule has 0 amide bonds. The molecule has 3 nitrogen and oxygen atoms in total. The molecule has 16 heavy (non-hydrogen) atoms. The van der Waals surface area contributed by atoms with E-state index in [0.717, 1.165) is 40.3 Å². The Labute approximate surface area is 98.8 Å². The summed E-state index contributed by atoms with van der Waals surface area (Å²) >= 11 is 1.59. The van der Waals surface area contributed by atoms with Crippen molar-refractivity contribution >= 4 is 21.6 Å². The Morgan fingerprint density at radius 1 is 1.44 bits per heavy atom. The van der Waals surface area contributed by atoms with E-state index in [-0.39, 0.29) is 5.56 Å². The predicted octanol–water partition coefficient (Wildman–Crippen LogP) is 2.87. The summed E-state index contributed by atoms with van der Waals surface area (Å²) in [4.78, 5) is 18.7. The molecule has 0 aliphatic rings. The van der Waals surface area contributed by atoms with E-state index in [1.165, 1.54) is 0 Å². The lowest BCUT2D eigenvalue weighted by Gasteiger charge is -2.07. The minimum atomic E-state index is 0.111. The standard InChI is InChI=1S/C12H16N2OS/c1-4-5-6-14-9(3)13-11-10(12(14)15)7-8(2)16-11/h7H,4-6H2,1-3H3. The molecule has 0 radical (unpaired) electrons. The van der Waals surface area contributed by atoms with E-state index in [4.69, 9.17) is 0 Å². The second-order valence-electron chi connectivity index (χ2n) is 4.05.